The van der Waals surface area contributed by atoms with Gasteiger partial charge in [-0.15, -0.1) is 0 Å². The minimum absolute atomic E-state index is 0.0426. The van der Waals surface area contributed by atoms with Crippen molar-refractivity contribution in [3.05, 3.63) is 48.0 Å². The van der Waals surface area contributed by atoms with Gasteiger partial charge in [0.2, 0.25) is 5.91 Å². The summed E-state index contributed by atoms with van der Waals surface area (Å²) in [6, 6.07) is 4.59. The molecule has 136 valence electrons. The molecule has 0 radical (unpaired) electrons. The van der Waals surface area contributed by atoms with Crippen LogP contribution in [0.3, 0.4) is 0 Å². The van der Waals surface area contributed by atoms with Crippen LogP contribution in [0.4, 0.5) is 27.6 Å². The summed E-state index contributed by atoms with van der Waals surface area (Å²) >= 11 is 0. The summed E-state index contributed by atoms with van der Waals surface area (Å²) in [7, 11) is 1.47. The minimum atomic E-state index is -4.60. The number of aromatic nitrogens is 2. The molecule has 0 atom stereocenters. The molecule has 0 saturated carbocycles. The van der Waals surface area contributed by atoms with Crippen LogP contribution in [0.15, 0.2) is 36.7 Å². The molecule has 0 unspecified atom stereocenters. The third-order valence-corrected chi connectivity index (χ3v) is 3.29. The first-order valence-corrected chi connectivity index (χ1v) is 7.13. The fourth-order valence-electron chi connectivity index (χ4n) is 2.22. The Morgan fingerprint density at radius 1 is 1.32 bits per heavy atom. The molecule has 1 amide bonds. The van der Waals surface area contributed by atoms with Crippen molar-refractivity contribution in [2.45, 2.75) is 19.3 Å². The van der Waals surface area contributed by atoms with E-state index in [0.717, 1.165) is 18.3 Å². The van der Waals surface area contributed by atoms with E-state index in [4.69, 9.17) is 0 Å². The van der Waals surface area contributed by atoms with E-state index in [1.807, 2.05) is 0 Å². The van der Waals surface area contributed by atoms with Gasteiger partial charge in [0.25, 0.3) is 0 Å². The largest absolute Gasteiger partial charge is 0.418 e. The number of halogens is 5. The van der Waals surface area contributed by atoms with Crippen LogP contribution in [0.2, 0.25) is 0 Å². The first-order valence-electron chi connectivity index (χ1n) is 7.13. The maximum absolute atomic E-state index is 12.9. The molecule has 0 spiro atoms. The van der Waals surface area contributed by atoms with E-state index in [2.05, 4.69) is 10.3 Å². The van der Waals surface area contributed by atoms with E-state index >= 15 is 0 Å². The second-order valence-electron chi connectivity index (χ2n) is 5.29. The molecule has 2 aromatic rings. The quantitative estimate of drug-likeness (QED) is 0.802. The first-order chi connectivity index (χ1) is 11.7. The Morgan fingerprint density at radius 2 is 2.00 bits per heavy atom. The van der Waals surface area contributed by atoms with E-state index in [9.17, 15) is 26.7 Å². The highest BCUT2D eigenvalue weighted by molar-refractivity contribution is 5.93. The van der Waals surface area contributed by atoms with E-state index in [1.165, 1.54) is 30.3 Å². The van der Waals surface area contributed by atoms with E-state index in [1.54, 1.807) is 0 Å². The van der Waals surface area contributed by atoms with Gasteiger partial charge in [-0.1, -0.05) is 12.1 Å². The van der Waals surface area contributed by atoms with Crippen LogP contribution < -0.4 is 5.32 Å². The Balaban J connectivity index is 2.00. The number of nitrogens with one attached hydrogen (secondary N) is 1. The topological polar surface area (TPSA) is 50.2 Å². The molecule has 0 aliphatic rings. The monoisotopic (exact) mass is 362 g/mol. The highest BCUT2D eigenvalue weighted by atomic mass is 19.4. The molecular weight excluding hydrogens is 347 g/mol. The molecule has 10 heteroatoms. The molecule has 0 aliphatic carbocycles. The van der Waals surface area contributed by atoms with Gasteiger partial charge in [-0.05, 0) is 19.2 Å². The van der Waals surface area contributed by atoms with Gasteiger partial charge in [0.15, 0.2) is 0 Å². The van der Waals surface area contributed by atoms with Gasteiger partial charge in [-0.25, -0.2) is 4.98 Å². The Kier molecular flexibility index (Phi) is 5.73. The van der Waals surface area contributed by atoms with Gasteiger partial charge in [0, 0.05) is 12.4 Å². The average Bonchev–Trinajstić information content (AvgIpc) is 2.94. The van der Waals surface area contributed by atoms with Crippen LogP contribution in [0, 0.1) is 0 Å². The molecule has 0 bridgehead atoms. The van der Waals surface area contributed by atoms with Gasteiger partial charge in [0.05, 0.1) is 24.3 Å². The zero-order chi connectivity index (χ0) is 18.6. The normalized spacial score (nSPS) is 12.0. The lowest BCUT2D eigenvalue weighted by atomic mass is 10.1. The fraction of sp³-hybridized carbons (Fsp3) is 0.333. The van der Waals surface area contributed by atoms with E-state index < -0.39 is 24.2 Å². The van der Waals surface area contributed by atoms with Crippen LogP contribution in [0.5, 0.6) is 0 Å². The van der Waals surface area contributed by atoms with Gasteiger partial charge in [-0.3, -0.25) is 14.3 Å². The van der Waals surface area contributed by atoms with Crippen molar-refractivity contribution >= 4 is 11.6 Å². The van der Waals surface area contributed by atoms with Crippen LogP contribution in [-0.2, 0) is 17.5 Å². The number of alkyl halides is 5. The van der Waals surface area contributed by atoms with Gasteiger partial charge >= 0.3 is 12.7 Å². The molecule has 1 heterocycles. The summed E-state index contributed by atoms with van der Waals surface area (Å²) in [6.45, 7) is -3.12. The van der Waals surface area contributed by atoms with Crippen LogP contribution >= 0.6 is 0 Å². The third-order valence-electron chi connectivity index (χ3n) is 3.29. The molecule has 1 aromatic carbocycles. The molecule has 1 aromatic heterocycles. The number of para-hydroxylation sites is 1. The Morgan fingerprint density at radius 3 is 2.64 bits per heavy atom. The summed E-state index contributed by atoms with van der Waals surface area (Å²) < 4.78 is 64.8. The molecule has 2 rings (SSSR count). The molecule has 5 nitrogen and oxygen atoms in total. The Labute approximate surface area is 140 Å². The predicted octanol–water partition coefficient (Wildman–Crippen LogP) is 3.37. The summed E-state index contributed by atoms with van der Waals surface area (Å²) in [5, 5.41) is 2.19. The van der Waals surface area contributed by atoms with Gasteiger partial charge in [0.1, 0.15) is 5.82 Å². The summed E-state index contributed by atoms with van der Waals surface area (Å²) in [6.07, 6.45) is -2.29. The summed E-state index contributed by atoms with van der Waals surface area (Å²) in [5.74, 6) is -0.657. The lowest BCUT2D eigenvalue weighted by molar-refractivity contribution is -0.137. The minimum Gasteiger partial charge on any atom is -0.324 e. The van der Waals surface area contributed by atoms with Crippen LogP contribution in [0.25, 0.3) is 0 Å². The number of likely N-dealkylation sites (N-methyl/N-ethyl adjacent to an activating group) is 1. The number of imidazole rings is 1. The number of hydrogen-bond acceptors (Lipinski definition) is 3. The SMILES string of the molecule is CN(CC(=O)Nc1ccccc1C(F)(F)F)Cc1nccn1C(F)F. The molecular formula is C15H15F5N4O. The molecule has 1 N–H and O–H groups in total. The smallest absolute Gasteiger partial charge is 0.324 e. The van der Waals surface area contributed by atoms with Crippen molar-refractivity contribution in [1.82, 2.24) is 14.5 Å². The number of benzene rings is 1. The first kappa shape index (κ1) is 18.8. The third kappa shape index (κ3) is 4.99. The highest BCUT2D eigenvalue weighted by Gasteiger charge is 2.33. The van der Waals surface area contributed by atoms with E-state index in [0.29, 0.717) is 4.57 Å². The number of hydrogen-bond donors (Lipinski definition) is 1. The Bertz CT molecular complexity index is 729. The summed E-state index contributed by atoms with van der Waals surface area (Å²) in [5.41, 5.74) is -1.32. The number of anilines is 1. The molecule has 0 aliphatic heterocycles. The van der Waals surface area contributed by atoms with Crippen molar-refractivity contribution in [3.8, 4) is 0 Å². The number of rotatable bonds is 6. The number of amides is 1. The molecule has 0 saturated heterocycles. The molecule has 0 fully saturated rings. The lowest BCUT2D eigenvalue weighted by Crippen LogP contribution is -2.31. The fourth-order valence-corrected chi connectivity index (χ4v) is 2.22. The summed E-state index contributed by atoms with van der Waals surface area (Å²) in [4.78, 5) is 17.1. The van der Waals surface area contributed by atoms with Crippen LogP contribution in [0.1, 0.15) is 17.9 Å². The maximum atomic E-state index is 12.9. The lowest BCUT2D eigenvalue weighted by Gasteiger charge is -2.18. The molecule has 25 heavy (non-hydrogen) atoms. The predicted molar refractivity (Wildman–Crippen MR) is 79.9 cm³/mol. The average molecular weight is 362 g/mol. The van der Waals surface area contributed by atoms with Gasteiger partial charge < -0.3 is 5.32 Å². The Hall–Kier alpha value is -2.49. The van der Waals surface area contributed by atoms with Crippen molar-refractivity contribution in [2.24, 2.45) is 0 Å². The number of carbonyl (C=O) groups excluding carboxylic acids is 1. The van der Waals surface area contributed by atoms with Crippen molar-refractivity contribution in [1.29, 1.82) is 0 Å². The highest BCUT2D eigenvalue weighted by Crippen LogP contribution is 2.34. The number of carbonyl (C=O) groups is 1. The van der Waals surface area contributed by atoms with Crippen LogP contribution in [-0.4, -0.2) is 34.0 Å². The van der Waals surface area contributed by atoms with Crippen molar-refractivity contribution < 1.29 is 26.7 Å². The van der Waals surface area contributed by atoms with Gasteiger partial charge in [-0.2, -0.15) is 22.0 Å². The van der Waals surface area contributed by atoms with E-state index in [-0.39, 0.29) is 24.6 Å². The second kappa shape index (κ2) is 7.60. The van der Waals surface area contributed by atoms with Crippen molar-refractivity contribution in [2.75, 3.05) is 18.9 Å². The maximum Gasteiger partial charge on any atom is 0.418 e. The number of nitrogens with zero attached hydrogens (tertiary/aromatic N) is 3. The zero-order valence-electron chi connectivity index (χ0n) is 13.1. The standard InChI is InChI=1S/C15H15F5N4O/c1-23(8-12-21-6-7-24(12)14(16)17)9-13(25)22-11-5-3-2-4-10(11)15(18,19)20/h2-7,14H,8-9H2,1H3,(H,22,25). The second-order valence-corrected chi connectivity index (χ2v) is 5.29. The zero-order valence-corrected chi connectivity index (χ0v) is 13.1. The van der Waals surface area contributed by atoms with Crippen molar-refractivity contribution in [3.63, 3.8) is 0 Å².